The van der Waals surface area contributed by atoms with Crippen LogP contribution in [0.2, 0.25) is 0 Å². The van der Waals surface area contributed by atoms with E-state index in [1.165, 1.54) is 100 Å². The van der Waals surface area contributed by atoms with E-state index in [9.17, 15) is 4.79 Å². The third-order valence-corrected chi connectivity index (χ3v) is 16.9. The van der Waals surface area contributed by atoms with Crippen molar-refractivity contribution in [2.24, 2.45) is 0 Å². The van der Waals surface area contributed by atoms with Crippen LogP contribution >= 0.6 is 86.3 Å². The van der Waals surface area contributed by atoms with Gasteiger partial charge in [-0.3, -0.25) is 14.6 Å². The molecule has 0 bridgehead atoms. The predicted molar refractivity (Wildman–Crippen MR) is 391 cm³/mol. The Hall–Kier alpha value is -1.71. The van der Waals surface area contributed by atoms with Crippen LogP contribution in [0.3, 0.4) is 0 Å². The van der Waals surface area contributed by atoms with E-state index in [-0.39, 0.29) is 112 Å². The fourth-order valence-electron chi connectivity index (χ4n) is 9.70. The molecule has 475 valence electrons. The number of benzene rings is 8. The smallest absolute Gasteiger partial charge is 1.00 e. The number of hydrogen-bond acceptors (Lipinski definition) is 8. The van der Waals surface area contributed by atoms with Crippen LogP contribution in [0.5, 0.6) is 0 Å². The van der Waals surface area contributed by atoms with Crippen LogP contribution in [-0.2, 0) is 65.1 Å². The van der Waals surface area contributed by atoms with Crippen molar-refractivity contribution in [2.45, 2.75) is 78.9 Å². The Bertz CT molecular complexity index is 3160. The molecule has 0 fully saturated rings. The molecule has 3 aliphatic rings. The molecule has 1 unspecified atom stereocenters. The summed E-state index contributed by atoms with van der Waals surface area (Å²) in [4.78, 5) is 17.0. The van der Waals surface area contributed by atoms with Gasteiger partial charge in [0.1, 0.15) is 13.1 Å². The summed E-state index contributed by atoms with van der Waals surface area (Å²) in [6.45, 7) is 18.5. The number of aldehydes is 1. The van der Waals surface area contributed by atoms with Gasteiger partial charge in [-0.15, -0.1) is 0 Å². The van der Waals surface area contributed by atoms with Gasteiger partial charge in [0.05, 0.1) is 13.6 Å². The Kier molecular flexibility index (Phi) is 57.0. The van der Waals surface area contributed by atoms with Gasteiger partial charge >= 0.3 is 59.1 Å². The van der Waals surface area contributed by atoms with Crippen LogP contribution in [0.4, 0.5) is 0 Å². The molecule has 0 amide bonds. The van der Waals surface area contributed by atoms with E-state index in [1.54, 1.807) is 19.9 Å². The van der Waals surface area contributed by atoms with Crippen molar-refractivity contribution in [1.82, 2.24) is 15.1 Å². The first-order valence-corrected chi connectivity index (χ1v) is 34.0. The fourth-order valence-corrected chi connectivity index (χ4v) is 11.3. The number of fused-ring (bicyclic) bond motifs is 3. The number of halogens is 6. The van der Waals surface area contributed by atoms with E-state index >= 15 is 0 Å². The van der Waals surface area contributed by atoms with Gasteiger partial charge in [0.25, 0.3) is 0 Å². The van der Waals surface area contributed by atoms with Crippen molar-refractivity contribution in [3.63, 3.8) is 0 Å². The van der Waals surface area contributed by atoms with Crippen LogP contribution in [0.15, 0.2) is 219 Å². The number of quaternary nitrogens is 1. The molecular weight excluding hydrogens is 1630 g/mol. The van der Waals surface area contributed by atoms with Crippen LogP contribution in [0.25, 0.3) is 6.08 Å². The molecule has 3 radical (unpaired) electrons. The van der Waals surface area contributed by atoms with Crippen molar-refractivity contribution in [2.75, 3.05) is 59.0 Å². The average molecular weight is 1720 g/mol. The molecule has 8 aromatic carbocycles. The second-order valence-corrected chi connectivity index (χ2v) is 23.6. The van der Waals surface area contributed by atoms with Gasteiger partial charge in [-0.1, -0.05) is 269 Å². The van der Waals surface area contributed by atoms with E-state index in [0.29, 0.717) is 5.56 Å². The van der Waals surface area contributed by atoms with E-state index < -0.39 is 0 Å². The number of carbonyl (C=O) groups excluding carboxylic acids is 1. The molecule has 11 rings (SSSR count). The van der Waals surface area contributed by atoms with Gasteiger partial charge in [0.2, 0.25) is 0 Å². The molecule has 9 nitrogen and oxygen atoms in total. The summed E-state index contributed by atoms with van der Waals surface area (Å²) in [6, 6.07) is 67.4. The van der Waals surface area contributed by atoms with Gasteiger partial charge in [-0.05, 0) is 120 Å². The number of aliphatic hydroxyl groups is 3. The second kappa shape index (κ2) is 55.4. The molecule has 8 aromatic rings. The van der Waals surface area contributed by atoms with Crippen molar-refractivity contribution >= 4 is 107 Å². The summed E-state index contributed by atoms with van der Waals surface area (Å²) in [6.07, 6.45) is 6.29. The molecule has 90 heavy (non-hydrogen) atoms. The topological polar surface area (TPSA) is 126 Å². The Morgan fingerprint density at radius 3 is 1.44 bits per heavy atom. The first-order chi connectivity index (χ1) is 41.3. The molecule has 0 aliphatic carbocycles. The summed E-state index contributed by atoms with van der Waals surface area (Å²) in [5.74, 6) is 0. The normalized spacial score (nSPS) is 13.2. The van der Waals surface area contributed by atoms with Crippen LogP contribution in [0, 0.1) is 0 Å². The minimum atomic E-state index is 0. The molecule has 0 saturated heterocycles. The largest absolute Gasteiger partial charge is 1.00 e. The molecule has 0 saturated carbocycles. The van der Waals surface area contributed by atoms with Gasteiger partial charge in [-0.25, -0.2) is 0 Å². The van der Waals surface area contributed by atoms with Crippen molar-refractivity contribution in [3.05, 3.63) is 285 Å². The van der Waals surface area contributed by atoms with Gasteiger partial charge in [0.15, 0.2) is 6.29 Å². The monoisotopic (exact) mass is 1720 g/mol. The Balaban J connectivity index is -0.000000503. The van der Waals surface area contributed by atoms with Crippen molar-refractivity contribution in [3.8, 4) is 0 Å². The minimum absolute atomic E-state index is 0. The zero-order valence-corrected chi connectivity index (χ0v) is 68.5. The number of carbonyl (C=O) groups is 1. The molecule has 0 spiro atoms. The van der Waals surface area contributed by atoms with Crippen molar-refractivity contribution < 1.29 is 115 Å². The van der Waals surface area contributed by atoms with Crippen LogP contribution < -0.4 is 88.4 Å². The summed E-state index contributed by atoms with van der Waals surface area (Å²) in [5.41, 5.74) is 16.3. The number of rotatable bonds is 10. The van der Waals surface area contributed by atoms with Crippen LogP contribution in [-0.4, -0.2) is 109 Å². The summed E-state index contributed by atoms with van der Waals surface area (Å²) in [7, 11) is 5.51. The molecule has 5 N–H and O–H groups in total. The van der Waals surface area contributed by atoms with Gasteiger partial charge in [-0.2, -0.15) is 0 Å². The summed E-state index contributed by atoms with van der Waals surface area (Å²) < 4.78 is 5.55. The van der Waals surface area contributed by atoms with E-state index in [4.69, 9.17) is 15.3 Å². The molecule has 3 aliphatic heterocycles. The number of hydrogen-bond donors (Lipinski definition) is 4. The molecule has 18 heteroatoms. The maximum absolute atomic E-state index is 10.2. The van der Waals surface area contributed by atoms with Crippen LogP contribution in [0.1, 0.15) is 86.8 Å². The SMILES string of the molecule is Brc1ccccc1CN1CCc2ccccc2C1.C=Cc1ccccc1CN(C)Cc1ccccc1Br.CCO.CCO.CI.CO.C[N+]1(Cc2ccccc2Br)CCc2ccccc2C1.O=Cc1ccccc1Br.[B].[H-].[I-].[Na+].[Na+].[OH-].c1ccc2c(c1)CCNC2. The predicted octanol–water partition coefficient (Wildman–Crippen LogP) is 7.70. The van der Waals surface area contributed by atoms with Gasteiger partial charge < -0.3 is 56.0 Å². The third-order valence-electron chi connectivity index (χ3n) is 13.8. The zero-order valence-electron chi connectivity index (χ0n) is 54.8. The Morgan fingerprint density at radius 1 is 0.578 bits per heavy atom. The first-order valence-electron chi connectivity index (χ1n) is 28.6. The fraction of sp³-hybridized carbons (Fsp3) is 0.292. The maximum atomic E-state index is 10.2. The molecule has 0 aromatic heterocycles. The first kappa shape index (κ1) is 92.5. The summed E-state index contributed by atoms with van der Waals surface area (Å²) in [5, 5.41) is 25.5. The van der Waals surface area contributed by atoms with Gasteiger partial charge in [0, 0.05) is 109 Å². The average Bonchev–Trinajstić information content (AvgIpc) is 1.20. The summed E-state index contributed by atoms with van der Waals surface area (Å²) >= 11 is 16.3. The maximum Gasteiger partial charge on any atom is 1.00 e. The van der Waals surface area contributed by atoms with Crippen molar-refractivity contribution in [1.29, 1.82) is 0 Å². The molecule has 3 heterocycles. The second-order valence-electron chi connectivity index (χ2n) is 20.2. The number of aliphatic hydroxyl groups excluding tert-OH is 3. The third kappa shape index (κ3) is 34.8. The quantitative estimate of drug-likeness (QED) is 0.0361. The molecule has 1 atom stereocenters. The number of likely N-dealkylation sites (N-methyl/N-ethyl adjacent to an activating group) is 1. The Labute approximate surface area is 652 Å². The number of alkyl halides is 1. The number of nitrogens with one attached hydrogen (secondary N) is 1. The number of nitrogens with zero attached hydrogens (tertiary/aromatic N) is 3. The van der Waals surface area contributed by atoms with E-state index in [2.05, 4.69) is 280 Å². The Morgan fingerprint density at radius 2 is 0.967 bits per heavy atom. The zero-order chi connectivity index (χ0) is 62.2. The standard InChI is InChI=1S/C17H19BrN.C17H18BrN.C16H16BrN.C9H11N.C7H5BrO.2C2H6O.CH3I.CH4O.B.HI.2Na.H2O.H/c1-19(13-16-8-4-5-9-17(16)18)11-10-14-6-2-3-7-15(14)12-19;1-3-14-8-4-5-9-15(14)12-19(2)13-16-10-6-7-11-17(16)18;17-16-8-4-3-7-15(16)12-18-10-9-13-5-1-2-6-14(13)11-18;1-2-4-9-7-10-6-5-8(9)3-1;8-7-4-2-1-3-6(7)5-9;2*1-2-3;2*1-2;;;;;;/h2-9H,10-13H2,1H3;3-11H,1,12-13H2,2H3;1-8H,9-12H2;1-4,10H,5-7H2;1-5H;2*3H,2H2,1H3;1H3;2H,1H3;;1H;;;1H2;/q+1;;;;;;;;;;;2*+1;;-1/p-2. The molecular formula is C72H90BBr4I2N4Na2O5. The van der Waals surface area contributed by atoms with E-state index in [0.717, 1.165) is 81.3 Å². The van der Waals surface area contributed by atoms with E-state index in [1.807, 2.05) is 41.3 Å². The minimum Gasteiger partial charge on any atom is -1.00 e.